The highest BCUT2D eigenvalue weighted by molar-refractivity contribution is 5.92. The van der Waals surface area contributed by atoms with Crippen molar-refractivity contribution in [2.75, 3.05) is 13.1 Å². The average molecular weight is 574 g/mol. The minimum atomic E-state index is -0.810. The Morgan fingerprint density at radius 1 is 0.902 bits per heavy atom. The molecule has 0 fully saturated rings. The number of ether oxygens (including phenoxy) is 1. The van der Waals surface area contributed by atoms with Gasteiger partial charge in [-0.3, -0.25) is 9.59 Å². The van der Waals surface area contributed by atoms with Gasteiger partial charge in [-0.15, -0.1) is 0 Å². The first kappa shape index (κ1) is 36.5. The van der Waals surface area contributed by atoms with Gasteiger partial charge in [0.05, 0.1) is 0 Å². The van der Waals surface area contributed by atoms with E-state index in [1.807, 2.05) is 45.9 Å². The van der Waals surface area contributed by atoms with Crippen LogP contribution in [0.4, 0.5) is 4.79 Å². The summed E-state index contributed by atoms with van der Waals surface area (Å²) in [4.78, 5) is 43.0. The Bertz CT molecular complexity index is 940. The van der Waals surface area contributed by atoms with Crippen LogP contribution in [0, 0.1) is 19.8 Å². The van der Waals surface area contributed by atoms with Crippen LogP contribution in [0.25, 0.3) is 0 Å². The molecule has 7 heteroatoms. The monoisotopic (exact) mass is 573 g/mol. The highest BCUT2D eigenvalue weighted by atomic mass is 16.6. The number of nitrogens with one attached hydrogen (secondary N) is 2. The minimum Gasteiger partial charge on any atom is -0.444 e. The Morgan fingerprint density at radius 2 is 1.51 bits per heavy atom. The first-order valence-electron chi connectivity index (χ1n) is 16.0. The molecule has 0 aliphatic rings. The van der Waals surface area contributed by atoms with Crippen molar-refractivity contribution >= 4 is 17.9 Å². The Morgan fingerprint density at radius 3 is 2.12 bits per heavy atom. The summed E-state index contributed by atoms with van der Waals surface area (Å²) in [6.45, 7) is 18.7. The quantitative estimate of drug-likeness (QED) is 0.176. The Labute approximate surface area is 250 Å². The second kappa shape index (κ2) is 18.8. The maximum absolute atomic E-state index is 14.5. The predicted octanol–water partition coefficient (Wildman–Crippen LogP) is 7.78. The smallest absolute Gasteiger partial charge is 0.408 e. The number of carbonyl (C=O) groups is 3. The fourth-order valence-corrected chi connectivity index (χ4v) is 4.91. The molecule has 2 N–H and O–H groups in total. The number of alkyl carbamates (subject to hydrolysis) is 1. The van der Waals surface area contributed by atoms with Crippen molar-refractivity contribution in [3.8, 4) is 0 Å². The van der Waals surface area contributed by atoms with Gasteiger partial charge in [0.1, 0.15) is 17.7 Å². The lowest BCUT2D eigenvalue weighted by molar-refractivity contribution is -0.143. The molecule has 41 heavy (non-hydrogen) atoms. The highest BCUT2D eigenvalue weighted by Gasteiger charge is 2.38. The molecular formula is C34H59N3O4. The van der Waals surface area contributed by atoms with Gasteiger partial charge < -0.3 is 20.3 Å². The van der Waals surface area contributed by atoms with E-state index in [9.17, 15) is 14.4 Å². The lowest BCUT2D eigenvalue weighted by Gasteiger charge is -2.36. The number of amides is 3. The van der Waals surface area contributed by atoms with Crippen LogP contribution in [0.2, 0.25) is 0 Å². The van der Waals surface area contributed by atoms with Crippen molar-refractivity contribution in [2.45, 2.75) is 144 Å². The Kier molecular flexibility index (Phi) is 16.7. The van der Waals surface area contributed by atoms with Gasteiger partial charge in [-0.1, -0.05) is 103 Å². The van der Waals surface area contributed by atoms with Gasteiger partial charge >= 0.3 is 6.09 Å². The second-order valence-electron chi connectivity index (χ2n) is 12.6. The fraction of sp³-hybridized carbons (Fsp3) is 0.735. The molecule has 0 aromatic heterocycles. The number of nitrogens with zero attached hydrogens (tertiary/aromatic N) is 1. The second-order valence-corrected chi connectivity index (χ2v) is 12.6. The molecule has 0 saturated heterocycles. The van der Waals surface area contributed by atoms with Gasteiger partial charge in [0, 0.05) is 13.1 Å². The van der Waals surface area contributed by atoms with Crippen LogP contribution in [-0.2, 0) is 14.3 Å². The van der Waals surface area contributed by atoms with Gasteiger partial charge in [-0.25, -0.2) is 4.79 Å². The van der Waals surface area contributed by atoms with Crippen molar-refractivity contribution in [3.63, 3.8) is 0 Å². The fourth-order valence-electron chi connectivity index (χ4n) is 4.91. The van der Waals surface area contributed by atoms with Crippen LogP contribution in [-0.4, -0.2) is 47.5 Å². The maximum Gasteiger partial charge on any atom is 0.408 e. The molecule has 0 aliphatic heterocycles. The summed E-state index contributed by atoms with van der Waals surface area (Å²) in [5.74, 6) is -0.559. The first-order chi connectivity index (χ1) is 19.4. The molecule has 0 spiro atoms. The normalized spacial score (nSPS) is 13.7. The van der Waals surface area contributed by atoms with E-state index in [2.05, 4.69) is 24.5 Å². The van der Waals surface area contributed by atoms with Crippen molar-refractivity contribution in [2.24, 2.45) is 5.92 Å². The van der Waals surface area contributed by atoms with Gasteiger partial charge in [0.25, 0.3) is 0 Å². The number of benzene rings is 1. The average Bonchev–Trinajstić information content (AvgIpc) is 2.90. The number of carbonyl (C=O) groups excluding carboxylic acids is 3. The van der Waals surface area contributed by atoms with Crippen LogP contribution >= 0.6 is 0 Å². The minimum absolute atomic E-state index is 0.144. The van der Waals surface area contributed by atoms with E-state index in [-0.39, 0.29) is 17.7 Å². The molecule has 0 aliphatic carbocycles. The summed E-state index contributed by atoms with van der Waals surface area (Å²) in [5.41, 5.74) is 2.14. The van der Waals surface area contributed by atoms with E-state index in [0.29, 0.717) is 19.5 Å². The third kappa shape index (κ3) is 13.3. The summed E-state index contributed by atoms with van der Waals surface area (Å²) in [6, 6.07) is 4.47. The molecule has 0 heterocycles. The molecule has 3 atom stereocenters. The zero-order valence-corrected chi connectivity index (χ0v) is 27.5. The summed E-state index contributed by atoms with van der Waals surface area (Å²) in [5, 5.41) is 6.00. The summed E-state index contributed by atoms with van der Waals surface area (Å²) in [6.07, 6.45) is 9.45. The third-order valence-corrected chi connectivity index (χ3v) is 7.56. The zero-order chi connectivity index (χ0) is 31.0. The van der Waals surface area contributed by atoms with Crippen molar-refractivity contribution in [1.29, 1.82) is 0 Å². The molecule has 1 rings (SSSR count). The summed E-state index contributed by atoms with van der Waals surface area (Å²) >= 11 is 0. The predicted molar refractivity (Wildman–Crippen MR) is 169 cm³/mol. The van der Waals surface area contributed by atoms with Gasteiger partial charge in [-0.2, -0.15) is 0 Å². The van der Waals surface area contributed by atoms with Crippen molar-refractivity contribution in [1.82, 2.24) is 15.5 Å². The number of hydrogen-bond donors (Lipinski definition) is 2. The van der Waals surface area contributed by atoms with Gasteiger partial charge in [-0.05, 0) is 64.5 Å². The molecule has 0 radical (unpaired) electrons. The zero-order valence-electron chi connectivity index (χ0n) is 27.5. The standard InChI is InChI=1S/C34H59N3O4/c1-10-13-15-16-17-19-23-37(32(39)29(26(5)12-3)36-33(40)41-34(7,8)9)30(31(38)35-22-18-14-11-2)28-24-25(4)20-21-27(28)6/h20-21,24,26,29-30H,10-19,22-23H2,1-9H3,(H,35,38)(H,36,40). The van der Waals surface area contributed by atoms with Crippen LogP contribution in [0.1, 0.15) is 135 Å². The van der Waals surface area contributed by atoms with E-state index in [4.69, 9.17) is 4.74 Å². The number of aryl methyl sites for hydroxylation is 2. The lowest BCUT2D eigenvalue weighted by Crippen LogP contribution is -2.55. The van der Waals surface area contributed by atoms with Crippen molar-refractivity contribution < 1.29 is 19.1 Å². The number of hydrogen-bond acceptors (Lipinski definition) is 4. The molecule has 0 saturated carbocycles. The van der Waals surface area contributed by atoms with E-state index in [1.165, 1.54) is 19.3 Å². The van der Waals surface area contributed by atoms with Crippen molar-refractivity contribution in [3.05, 3.63) is 34.9 Å². The maximum atomic E-state index is 14.5. The van der Waals surface area contributed by atoms with Crippen LogP contribution in [0.5, 0.6) is 0 Å². The molecule has 3 amide bonds. The van der Waals surface area contributed by atoms with Crippen LogP contribution in [0.15, 0.2) is 18.2 Å². The van der Waals surface area contributed by atoms with E-state index in [1.54, 1.807) is 25.7 Å². The Balaban J connectivity index is 3.51. The summed E-state index contributed by atoms with van der Waals surface area (Å²) in [7, 11) is 0. The van der Waals surface area contributed by atoms with Crippen LogP contribution < -0.4 is 10.6 Å². The third-order valence-electron chi connectivity index (χ3n) is 7.56. The van der Waals surface area contributed by atoms with Crippen LogP contribution in [0.3, 0.4) is 0 Å². The topological polar surface area (TPSA) is 87.7 Å². The molecule has 0 bridgehead atoms. The first-order valence-corrected chi connectivity index (χ1v) is 16.0. The SMILES string of the molecule is CCCCCCCCN(C(=O)C(NC(=O)OC(C)(C)C)C(C)CC)C(C(=O)NCCCCC)c1cc(C)ccc1C. The Hall–Kier alpha value is -2.57. The summed E-state index contributed by atoms with van der Waals surface area (Å²) < 4.78 is 5.53. The van der Waals surface area contributed by atoms with Gasteiger partial charge in [0.2, 0.25) is 11.8 Å². The molecule has 1 aromatic carbocycles. The van der Waals surface area contributed by atoms with Gasteiger partial charge in [0.15, 0.2) is 0 Å². The number of rotatable bonds is 18. The molecule has 7 nitrogen and oxygen atoms in total. The van der Waals surface area contributed by atoms with E-state index < -0.39 is 23.8 Å². The largest absolute Gasteiger partial charge is 0.444 e. The van der Waals surface area contributed by atoms with E-state index >= 15 is 0 Å². The molecular weight excluding hydrogens is 514 g/mol. The van der Waals surface area contributed by atoms with E-state index in [0.717, 1.165) is 55.2 Å². The number of unbranched alkanes of at least 4 members (excludes halogenated alkanes) is 7. The molecule has 234 valence electrons. The highest BCUT2D eigenvalue weighted by Crippen LogP contribution is 2.28. The molecule has 1 aromatic rings. The lowest BCUT2D eigenvalue weighted by atomic mass is 9.93. The molecule has 3 unspecified atom stereocenters.